The van der Waals surface area contributed by atoms with Gasteiger partial charge in [-0.05, 0) is 23.6 Å². The number of imide groups is 1. The van der Waals surface area contributed by atoms with Gasteiger partial charge in [0.25, 0.3) is 5.91 Å². The summed E-state index contributed by atoms with van der Waals surface area (Å²) in [6, 6.07) is 7.37. The van der Waals surface area contributed by atoms with E-state index in [1.165, 1.54) is 10.5 Å². The molecule has 0 radical (unpaired) electrons. The van der Waals surface area contributed by atoms with E-state index < -0.39 is 5.79 Å². The molecule has 26 heavy (non-hydrogen) atoms. The van der Waals surface area contributed by atoms with Crippen molar-refractivity contribution in [2.45, 2.75) is 50.9 Å². The summed E-state index contributed by atoms with van der Waals surface area (Å²) in [5.41, 5.74) is 1.87. The zero-order chi connectivity index (χ0) is 18.3. The summed E-state index contributed by atoms with van der Waals surface area (Å²) in [7, 11) is 0. The fourth-order valence-corrected chi connectivity index (χ4v) is 4.14. The number of hydrogen-bond acceptors (Lipinski definition) is 5. The zero-order valence-electron chi connectivity index (χ0n) is 15.4. The molecule has 0 unspecified atom stereocenters. The molecule has 3 fully saturated rings. The van der Waals surface area contributed by atoms with Crippen LogP contribution in [0.4, 0.5) is 5.69 Å². The maximum atomic E-state index is 12.9. The van der Waals surface area contributed by atoms with E-state index in [-0.39, 0.29) is 24.3 Å². The molecule has 1 atom stereocenters. The lowest BCUT2D eigenvalue weighted by molar-refractivity contribution is -0.188. The summed E-state index contributed by atoms with van der Waals surface area (Å²) in [5, 5.41) is 0. The highest BCUT2D eigenvalue weighted by Gasteiger charge is 2.47. The lowest BCUT2D eigenvalue weighted by atomic mass is 10.0. The standard InChI is InChI=1S/C20H26N2O4/c1-14(2)15-3-5-16(6-4-15)22-18(23)13-17(19(22)24)21-9-7-20(8-10-21)25-11-12-26-20/h3-6,14,17H,7-13H2,1-2H3/t17-/m0/s1. The molecule has 4 rings (SSSR count). The fraction of sp³-hybridized carbons (Fsp3) is 0.600. The monoisotopic (exact) mass is 358 g/mol. The molecule has 0 aromatic heterocycles. The molecule has 1 aromatic rings. The van der Waals surface area contributed by atoms with Crippen molar-refractivity contribution in [1.82, 2.24) is 4.90 Å². The molecule has 3 aliphatic heterocycles. The first-order chi connectivity index (χ1) is 12.5. The third-order valence-corrected chi connectivity index (χ3v) is 5.75. The van der Waals surface area contributed by atoms with Crippen molar-refractivity contribution in [3.63, 3.8) is 0 Å². The molecular weight excluding hydrogens is 332 g/mol. The molecule has 0 aliphatic carbocycles. The van der Waals surface area contributed by atoms with E-state index in [0.29, 0.717) is 37.9 Å². The van der Waals surface area contributed by atoms with Crippen LogP contribution in [0.1, 0.15) is 44.6 Å². The molecule has 140 valence electrons. The molecule has 6 heteroatoms. The summed E-state index contributed by atoms with van der Waals surface area (Å²) in [4.78, 5) is 28.9. The van der Waals surface area contributed by atoms with E-state index in [2.05, 4.69) is 18.7 Å². The average Bonchev–Trinajstić information content (AvgIpc) is 3.20. The van der Waals surface area contributed by atoms with Gasteiger partial charge in [-0.2, -0.15) is 0 Å². The quantitative estimate of drug-likeness (QED) is 0.776. The molecular formula is C20H26N2O4. The Kier molecular flexibility index (Phi) is 4.59. The summed E-state index contributed by atoms with van der Waals surface area (Å²) >= 11 is 0. The van der Waals surface area contributed by atoms with Crippen molar-refractivity contribution in [2.75, 3.05) is 31.2 Å². The first kappa shape index (κ1) is 17.6. The molecule has 6 nitrogen and oxygen atoms in total. The lowest BCUT2D eigenvalue weighted by Crippen LogP contribution is -2.51. The number of ether oxygens (including phenoxy) is 2. The van der Waals surface area contributed by atoms with E-state index in [4.69, 9.17) is 9.47 Å². The molecule has 1 spiro atoms. The third-order valence-electron chi connectivity index (χ3n) is 5.75. The second-order valence-electron chi connectivity index (χ2n) is 7.68. The van der Waals surface area contributed by atoms with Gasteiger partial charge in [0.15, 0.2) is 5.79 Å². The second-order valence-corrected chi connectivity index (χ2v) is 7.68. The summed E-state index contributed by atoms with van der Waals surface area (Å²) in [6.07, 6.45) is 1.74. The van der Waals surface area contributed by atoms with Gasteiger partial charge in [-0.1, -0.05) is 26.0 Å². The van der Waals surface area contributed by atoms with Gasteiger partial charge in [-0.25, -0.2) is 4.90 Å². The van der Waals surface area contributed by atoms with Crippen LogP contribution in [0.2, 0.25) is 0 Å². The van der Waals surface area contributed by atoms with Crippen LogP contribution in [-0.4, -0.2) is 54.8 Å². The number of piperidine rings is 1. The fourth-order valence-electron chi connectivity index (χ4n) is 4.14. The van der Waals surface area contributed by atoms with Crippen molar-refractivity contribution in [3.05, 3.63) is 29.8 Å². The van der Waals surface area contributed by atoms with Crippen molar-refractivity contribution in [3.8, 4) is 0 Å². The number of carbonyl (C=O) groups excluding carboxylic acids is 2. The van der Waals surface area contributed by atoms with E-state index in [9.17, 15) is 9.59 Å². The molecule has 3 heterocycles. The minimum absolute atomic E-state index is 0.114. The third kappa shape index (κ3) is 3.06. The molecule has 1 aromatic carbocycles. The maximum Gasteiger partial charge on any atom is 0.251 e. The second kappa shape index (κ2) is 6.76. The van der Waals surface area contributed by atoms with Crippen LogP contribution in [0, 0.1) is 0 Å². The van der Waals surface area contributed by atoms with Gasteiger partial charge in [0.1, 0.15) is 0 Å². The Balaban J connectivity index is 1.45. The van der Waals surface area contributed by atoms with Gasteiger partial charge < -0.3 is 9.47 Å². The highest BCUT2D eigenvalue weighted by Crippen LogP contribution is 2.34. The average molecular weight is 358 g/mol. The topological polar surface area (TPSA) is 59.1 Å². The Morgan fingerprint density at radius 2 is 1.65 bits per heavy atom. The van der Waals surface area contributed by atoms with Gasteiger partial charge in [0, 0.05) is 25.9 Å². The van der Waals surface area contributed by atoms with Crippen molar-refractivity contribution in [2.24, 2.45) is 0 Å². The van der Waals surface area contributed by atoms with Crippen LogP contribution in [0.5, 0.6) is 0 Å². The number of anilines is 1. The van der Waals surface area contributed by atoms with Crippen molar-refractivity contribution in [1.29, 1.82) is 0 Å². The van der Waals surface area contributed by atoms with Crippen LogP contribution in [0.25, 0.3) is 0 Å². The lowest BCUT2D eigenvalue weighted by Gasteiger charge is -2.39. The van der Waals surface area contributed by atoms with Crippen LogP contribution in [-0.2, 0) is 19.1 Å². The first-order valence-corrected chi connectivity index (χ1v) is 9.48. The number of hydrogen-bond donors (Lipinski definition) is 0. The highest BCUT2D eigenvalue weighted by atomic mass is 16.7. The van der Waals surface area contributed by atoms with Gasteiger partial charge in [0.05, 0.1) is 31.4 Å². The predicted molar refractivity (Wildman–Crippen MR) is 96.9 cm³/mol. The van der Waals surface area contributed by atoms with Crippen molar-refractivity contribution < 1.29 is 19.1 Å². The Bertz CT molecular complexity index is 684. The number of benzene rings is 1. The molecule has 0 N–H and O–H groups in total. The normalized spacial score (nSPS) is 26.4. The number of amides is 2. The molecule has 0 saturated carbocycles. The number of likely N-dealkylation sites (tertiary alicyclic amines) is 1. The Morgan fingerprint density at radius 3 is 2.23 bits per heavy atom. The van der Waals surface area contributed by atoms with Crippen molar-refractivity contribution >= 4 is 17.5 Å². The van der Waals surface area contributed by atoms with Crippen LogP contribution in [0.3, 0.4) is 0 Å². The molecule has 0 bridgehead atoms. The van der Waals surface area contributed by atoms with E-state index in [1.807, 2.05) is 24.3 Å². The summed E-state index contributed by atoms with van der Waals surface area (Å²) in [6.45, 7) is 6.95. The highest BCUT2D eigenvalue weighted by molar-refractivity contribution is 6.22. The van der Waals surface area contributed by atoms with Gasteiger partial charge >= 0.3 is 0 Å². The zero-order valence-corrected chi connectivity index (χ0v) is 15.4. The van der Waals surface area contributed by atoms with Gasteiger partial charge in [-0.15, -0.1) is 0 Å². The SMILES string of the molecule is CC(C)c1ccc(N2C(=O)C[C@H](N3CCC4(CC3)OCCO4)C2=O)cc1. The Morgan fingerprint density at radius 1 is 1.04 bits per heavy atom. The first-order valence-electron chi connectivity index (χ1n) is 9.48. The molecule has 2 amide bonds. The minimum atomic E-state index is -0.464. The number of nitrogens with zero attached hydrogens (tertiary/aromatic N) is 2. The van der Waals surface area contributed by atoms with Gasteiger partial charge in [-0.3, -0.25) is 14.5 Å². The van der Waals surface area contributed by atoms with Crippen LogP contribution >= 0.6 is 0 Å². The van der Waals surface area contributed by atoms with Gasteiger partial charge in [0.2, 0.25) is 5.91 Å². The van der Waals surface area contributed by atoms with E-state index in [0.717, 1.165) is 12.8 Å². The van der Waals surface area contributed by atoms with E-state index >= 15 is 0 Å². The Labute approximate surface area is 154 Å². The Hall–Kier alpha value is -1.76. The number of rotatable bonds is 3. The minimum Gasteiger partial charge on any atom is -0.347 e. The summed E-state index contributed by atoms with van der Waals surface area (Å²) in [5.74, 6) is -0.279. The maximum absolute atomic E-state index is 12.9. The van der Waals surface area contributed by atoms with Crippen LogP contribution in [0.15, 0.2) is 24.3 Å². The van der Waals surface area contributed by atoms with Crippen LogP contribution < -0.4 is 4.90 Å². The molecule has 3 saturated heterocycles. The largest absolute Gasteiger partial charge is 0.347 e. The predicted octanol–water partition coefficient (Wildman–Crippen LogP) is 2.28. The van der Waals surface area contributed by atoms with E-state index in [1.54, 1.807) is 0 Å². The smallest absolute Gasteiger partial charge is 0.251 e. The number of carbonyl (C=O) groups is 2. The summed E-state index contributed by atoms with van der Waals surface area (Å²) < 4.78 is 11.5. The molecule has 3 aliphatic rings.